The van der Waals surface area contributed by atoms with E-state index in [0.29, 0.717) is 26.1 Å². The third kappa shape index (κ3) is 2.04. The Hall–Kier alpha value is -1.10. The van der Waals surface area contributed by atoms with E-state index in [9.17, 15) is 9.59 Å². The molecule has 0 bridgehead atoms. The molecule has 16 heavy (non-hydrogen) atoms. The van der Waals surface area contributed by atoms with Gasteiger partial charge in [-0.1, -0.05) is 6.42 Å². The van der Waals surface area contributed by atoms with Crippen molar-refractivity contribution >= 4 is 11.9 Å². The molecule has 1 atom stereocenters. The van der Waals surface area contributed by atoms with E-state index >= 15 is 0 Å². The van der Waals surface area contributed by atoms with E-state index in [1.807, 2.05) is 0 Å². The molecule has 2 rings (SSSR count). The van der Waals surface area contributed by atoms with E-state index < -0.39 is 11.4 Å². The first kappa shape index (κ1) is 11.4. The number of carboxylic acids is 1. The van der Waals surface area contributed by atoms with E-state index in [2.05, 4.69) is 5.32 Å². The van der Waals surface area contributed by atoms with Crippen LogP contribution in [-0.4, -0.2) is 36.7 Å². The van der Waals surface area contributed by atoms with E-state index in [-0.39, 0.29) is 18.4 Å². The lowest BCUT2D eigenvalue weighted by molar-refractivity contribution is -0.154. The molecule has 2 fully saturated rings. The molecular formula is C11H17NO4. The molecule has 5 nitrogen and oxygen atoms in total. The van der Waals surface area contributed by atoms with E-state index in [0.717, 1.165) is 12.8 Å². The van der Waals surface area contributed by atoms with Crippen LogP contribution in [0.15, 0.2) is 0 Å². The minimum absolute atomic E-state index is 0.0648. The van der Waals surface area contributed by atoms with Crippen molar-refractivity contribution < 1.29 is 19.4 Å². The first-order valence-corrected chi connectivity index (χ1v) is 5.73. The van der Waals surface area contributed by atoms with Crippen LogP contribution in [-0.2, 0) is 14.3 Å². The van der Waals surface area contributed by atoms with E-state index in [4.69, 9.17) is 9.84 Å². The van der Waals surface area contributed by atoms with Gasteiger partial charge in [-0.3, -0.25) is 9.59 Å². The zero-order valence-corrected chi connectivity index (χ0v) is 9.20. The molecule has 0 aromatic carbocycles. The number of aliphatic carboxylic acids is 1. The number of carboxylic acid groups (broad SMARTS) is 1. The fraction of sp³-hybridized carbons (Fsp3) is 0.818. The Balaban J connectivity index is 1.81. The van der Waals surface area contributed by atoms with Crippen molar-refractivity contribution in [3.05, 3.63) is 0 Å². The molecule has 1 heterocycles. The minimum atomic E-state index is -0.790. The highest BCUT2D eigenvalue weighted by Gasteiger charge is 2.44. The van der Waals surface area contributed by atoms with E-state index in [1.54, 1.807) is 0 Å². The minimum Gasteiger partial charge on any atom is -0.481 e. The fourth-order valence-electron chi connectivity index (χ4n) is 2.21. The number of ether oxygens (including phenoxy) is 1. The lowest BCUT2D eigenvalue weighted by Gasteiger charge is -2.37. The first-order valence-electron chi connectivity index (χ1n) is 5.73. The maximum atomic E-state index is 11.7. The summed E-state index contributed by atoms with van der Waals surface area (Å²) in [6.07, 6.45) is 3.02. The molecule has 0 spiro atoms. The fourth-order valence-corrected chi connectivity index (χ4v) is 2.21. The topological polar surface area (TPSA) is 75.6 Å². The molecule has 2 N–H and O–H groups in total. The average Bonchev–Trinajstić information content (AvgIpc) is 2.67. The summed E-state index contributed by atoms with van der Waals surface area (Å²) in [6, 6.07) is 0. The molecule has 5 heteroatoms. The normalized spacial score (nSPS) is 27.1. The van der Waals surface area contributed by atoms with Gasteiger partial charge in [0.2, 0.25) is 5.91 Å². The van der Waals surface area contributed by atoms with Gasteiger partial charge in [-0.05, 0) is 19.3 Å². The first-order chi connectivity index (χ1) is 7.64. The van der Waals surface area contributed by atoms with Gasteiger partial charge in [0.15, 0.2) is 0 Å². The highest BCUT2D eigenvalue weighted by molar-refractivity contribution is 5.81. The smallest absolute Gasteiger partial charge is 0.311 e. The number of nitrogens with one attached hydrogen (secondary N) is 1. The van der Waals surface area contributed by atoms with Gasteiger partial charge in [-0.15, -0.1) is 0 Å². The van der Waals surface area contributed by atoms with Crippen LogP contribution in [0.4, 0.5) is 0 Å². The SMILES string of the molecule is O=C(NCC1(C(=O)O)CCC1)C1CCOC1. The van der Waals surface area contributed by atoms with Gasteiger partial charge in [-0.2, -0.15) is 0 Å². The largest absolute Gasteiger partial charge is 0.481 e. The number of carbonyl (C=O) groups is 2. The second-order valence-electron chi connectivity index (χ2n) is 4.72. The predicted octanol–water partition coefficient (Wildman–Crippen LogP) is 0.394. The van der Waals surface area contributed by atoms with Crippen LogP contribution < -0.4 is 5.32 Å². The van der Waals surface area contributed by atoms with Crippen LogP contribution in [0.25, 0.3) is 0 Å². The Morgan fingerprint density at radius 2 is 2.19 bits per heavy atom. The van der Waals surface area contributed by atoms with Crippen molar-refractivity contribution in [2.45, 2.75) is 25.7 Å². The zero-order chi connectivity index (χ0) is 11.6. The zero-order valence-electron chi connectivity index (χ0n) is 9.20. The van der Waals surface area contributed by atoms with Crippen LogP contribution in [0.3, 0.4) is 0 Å². The van der Waals surface area contributed by atoms with E-state index in [1.165, 1.54) is 0 Å². The third-order valence-corrected chi connectivity index (χ3v) is 3.67. The number of hydrogen-bond donors (Lipinski definition) is 2. The number of hydrogen-bond acceptors (Lipinski definition) is 3. The molecular weight excluding hydrogens is 210 g/mol. The van der Waals surface area contributed by atoms with Crippen LogP contribution in [0.5, 0.6) is 0 Å². The second-order valence-corrected chi connectivity index (χ2v) is 4.72. The monoisotopic (exact) mass is 227 g/mol. The lowest BCUT2D eigenvalue weighted by atomic mass is 9.68. The number of carbonyl (C=O) groups excluding carboxylic acids is 1. The Morgan fingerprint density at radius 1 is 1.44 bits per heavy atom. The standard InChI is InChI=1S/C11H17NO4/c13-9(8-2-5-16-6-8)12-7-11(10(14)15)3-1-4-11/h8H,1-7H2,(H,12,13)(H,14,15). The van der Waals surface area contributed by atoms with Gasteiger partial charge in [0.05, 0.1) is 17.9 Å². The lowest BCUT2D eigenvalue weighted by Crippen LogP contribution is -2.48. The highest BCUT2D eigenvalue weighted by atomic mass is 16.5. The Kier molecular flexibility index (Phi) is 3.14. The Morgan fingerprint density at radius 3 is 2.62 bits per heavy atom. The van der Waals surface area contributed by atoms with Gasteiger partial charge >= 0.3 is 5.97 Å². The van der Waals surface area contributed by atoms with Crippen molar-refractivity contribution in [2.75, 3.05) is 19.8 Å². The molecule has 1 saturated carbocycles. The number of rotatable bonds is 4. The van der Waals surface area contributed by atoms with Crippen molar-refractivity contribution in [1.82, 2.24) is 5.32 Å². The molecule has 0 radical (unpaired) electrons. The summed E-state index contributed by atoms with van der Waals surface area (Å²) in [7, 11) is 0. The highest BCUT2D eigenvalue weighted by Crippen LogP contribution is 2.40. The molecule has 2 aliphatic rings. The van der Waals surface area contributed by atoms with Gasteiger partial charge in [0.1, 0.15) is 0 Å². The quantitative estimate of drug-likeness (QED) is 0.728. The summed E-state index contributed by atoms with van der Waals surface area (Å²) >= 11 is 0. The summed E-state index contributed by atoms with van der Waals surface area (Å²) < 4.78 is 5.12. The molecule has 90 valence electrons. The van der Waals surface area contributed by atoms with Gasteiger partial charge in [-0.25, -0.2) is 0 Å². The Bertz CT molecular complexity index is 292. The summed E-state index contributed by atoms with van der Waals surface area (Å²) in [5, 5.41) is 11.8. The molecule has 1 saturated heterocycles. The van der Waals surface area contributed by atoms with Gasteiger partial charge in [0.25, 0.3) is 0 Å². The summed E-state index contributed by atoms with van der Waals surface area (Å²) in [6.45, 7) is 1.35. The van der Waals surface area contributed by atoms with Gasteiger partial charge < -0.3 is 15.2 Å². The third-order valence-electron chi connectivity index (χ3n) is 3.67. The molecule has 1 unspecified atom stereocenters. The Labute approximate surface area is 94.2 Å². The molecule has 0 aromatic heterocycles. The van der Waals surface area contributed by atoms with Crippen molar-refractivity contribution in [3.63, 3.8) is 0 Å². The van der Waals surface area contributed by atoms with Crippen LogP contribution >= 0.6 is 0 Å². The maximum Gasteiger partial charge on any atom is 0.311 e. The predicted molar refractivity (Wildman–Crippen MR) is 55.9 cm³/mol. The summed E-state index contributed by atoms with van der Waals surface area (Å²) in [5.41, 5.74) is -0.699. The number of amides is 1. The maximum absolute atomic E-state index is 11.7. The summed E-state index contributed by atoms with van der Waals surface area (Å²) in [4.78, 5) is 22.7. The van der Waals surface area contributed by atoms with Gasteiger partial charge in [0, 0.05) is 13.2 Å². The van der Waals surface area contributed by atoms with Crippen LogP contribution in [0.2, 0.25) is 0 Å². The molecule has 1 aliphatic carbocycles. The second kappa shape index (κ2) is 4.41. The van der Waals surface area contributed by atoms with Crippen molar-refractivity contribution in [2.24, 2.45) is 11.3 Å². The summed E-state index contributed by atoms with van der Waals surface area (Å²) in [5.74, 6) is -0.947. The molecule has 1 amide bonds. The van der Waals surface area contributed by atoms with Crippen molar-refractivity contribution in [1.29, 1.82) is 0 Å². The molecule has 1 aliphatic heterocycles. The average molecular weight is 227 g/mol. The molecule has 0 aromatic rings. The van der Waals surface area contributed by atoms with Crippen LogP contribution in [0.1, 0.15) is 25.7 Å². The van der Waals surface area contributed by atoms with Crippen molar-refractivity contribution in [3.8, 4) is 0 Å². The van der Waals surface area contributed by atoms with Crippen LogP contribution in [0, 0.1) is 11.3 Å².